The van der Waals surface area contributed by atoms with Crippen LogP contribution < -0.4 is 15.1 Å². The van der Waals surface area contributed by atoms with Gasteiger partial charge in [-0.3, -0.25) is 0 Å². The minimum Gasteiger partial charge on any atom is -0.357 e. The molecule has 1 aromatic rings. The van der Waals surface area contributed by atoms with E-state index in [1.54, 1.807) is 0 Å². The van der Waals surface area contributed by atoms with Gasteiger partial charge < -0.3 is 15.1 Å². The van der Waals surface area contributed by atoms with Gasteiger partial charge in [-0.25, -0.2) is 0 Å². The van der Waals surface area contributed by atoms with Crippen LogP contribution in [0.1, 0.15) is 26.2 Å². The van der Waals surface area contributed by atoms with Gasteiger partial charge in [0.1, 0.15) is 0 Å². The molecule has 104 valence electrons. The average molecular weight is 262 g/mol. The van der Waals surface area contributed by atoms with Gasteiger partial charge in [0.05, 0.1) is 0 Å². The summed E-state index contributed by atoms with van der Waals surface area (Å²) in [4.78, 5) is 18.2. The Bertz CT molecular complexity index is 443. The van der Waals surface area contributed by atoms with E-state index in [1.807, 2.05) is 7.05 Å². The SMILES string of the molecule is CNc1nc(N2CCCC2)nc(N2CCC(C)C2)n1. The highest BCUT2D eigenvalue weighted by Gasteiger charge is 2.24. The number of rotatable bonds is 3. The highest BCUT2D eigenvalue weighted by atomic mass is 15.4. The van der Waals surface area contributed by atoms with E-state index in [9.17, 15) is 0 Å². The third-order valence-electron chi connectivity index (χ3n) is 3.93. The second-order valence-corrected chi connectivity index (χ2v) is 5.54. The number of nitrogens with zero attached hydrogens (tertiary/aromatic N) is 5. The lowest BCUT2D eigenvalue weighted by atomic mass is 10.2. The van der Waals surface area contributed by atoms with Crippen LogP contribution in [0.15, 0.2) is 0 Å². The third kappa shape index (κ3) is 2.57. The lowest BCUT2D eigenvalue weighted by Crippen LogP contribution is -2.26. The Morgan fingerprint density at radius 2 is 1.68 bits per heavy atom. The van der Waals surface area contributed by atoms with Crippen LogP contribution in [-0.2, 0) is 0 Å². The van der Waals surface area contributed by atoms with Gasteiger partial charge in [0.25, 0.3) is 0 Å². The van der Waals surface area contributed by atoms with E-state index < -0.39 is 0 Å². The maximum atomic E-state index is 4.67. The molecule has 3 heterocycles. The van der Waals surface area contributed by atoms with Gasteiger partial charge in [0.15, 0.2) is 0 Å². The predicted octanol–water partition coefficient (Wildman–Crippen LogP) is 1.36. The molecule has 2 fully saturated rings. The van der Waals surface area contributed by atoms with Gasteiger partial charge in [-0.15, -0.1) is 0 Å². The molecule has 1 atom stereocenters. The van der Waals surface area contributed by atoms with Crippen molar-refractivity contribution < 1.29 is 0 Å². The monoisotopic (exact) mass is 262 g/mol. The fourth-order valence-corrected chi connectivity index (χ4v) is 2.78. The molecule has 2 aliphatic rings. The van der Waals surface area contributed by atoms with Crippen molar-refractivity contribution in [2.45, 2.75) is 26.2 Å². The molecule has 3 rings (SSSR count). The summed E-state index contributed by atoms with van der Waals surface area (Å²) in [5.74, 6) is 3.05. The Morgan fingerprint density at radius 1 is 1.00 bits per heavy atom. The summed E-state index contributed by atoms with van der Waals surface area (Å²) in [6.07, 6.45) is 3.69. The molecule has 1 unspecified atom stereocenters. The van der Waals surface area contributed by atoms with E-state index >= 15 is 0 Å². The highest BCUT2D eigenvalue weighted by molar-refractivity contribution is 5.46. The van der Waals surface area contributed by atoms with Crippen LogP contribution in [0, 0.1) is 5.92 Å². The number of hydrogen-bond acceptors (Lipinski definition) is 6. The Morgan fingerprint density at radius 3 is 2.26 bits per heavy atom. The largest absolute Gasteiger partial charge is 0.357 e. The van der Waals surface area contributed by atoms with Gasteiger partial charge in [-0.1, -0.05) is 6.92 Å². The Labute approximate surface area is 114 Å². The predicted molar refractivity (Wildman–Crippen MR) is 76.8 cm³/mol. The van der Waals surface area contributed by atoms with Crippen molar-refractivity contribution in [3.8, 4) is 0 Å². The van der Waals surface area contributed by atoms with E-state index in [4.69, 9.17) is 0 Å². The van der Waals surface area contributed by atoms with E-state index in [2.05, 4.69) is 37.0 Å². The Kier molecular flexibility index (Phi) is 3.40. The topological polar surface area (TPSA) is 57.2 Å². The van der Waals surface area contributed by atoms with Crippen molar-refractivity contribution in [2.75, 3.05) is 48.3 Å². The number of aromatic nitrogens is 3. The number of nitrogens with one attached hydrogen (secondary N) is 1. The van der Waals surface area contributed by atoms with E-state index in [0.29, 0.717) is 5.95 Å². The third-order valence-corrected chi connectivity index (χ3v) is 3.93. The van der Waals surface area contributed by atoms with E-state index in [-0.39, 0.29) is 0 Å². The van der Waals surface area contributed by atoms with Gasteiger partial charge in [-0.05, 0) is 25.2 Å². The van der Waals surface area contributed by atoms with Crippen molar-refractivity contribution in [3.05, 3.63) is 0 Å². The maximum absolute atomic E-state index is 4.67. The van der Waals surface area contributed by atoms with Crippen LogP contribution in [0.2, 0.25) is 0 Å². The first kappa shape index (κ1) is 12.4. The zero-order chi connectivity index (χ0) is 13.2. The summed E-state index contributed by atoms with van der Waals surface area (Å²) in [7, 11) is 1.86. The Balaban J connectivity index is 1.88. The molecule has 0 amide bonds. The van der Waals surface area contributed by atoms with Gasteiger partial charge in [-0.2, -0.15) is 15.0 Å². The quantitative estimate of drug-likeness (QED) is 0.887. The molecule has 0 radical (unpaired) electrons. The van der Waals surface area contributed by atoms with Crippen LogP contribution in [-0.4, -0.2) is 48.2 Å². The van der Waals surface area contributed by atoms with Crippen molar-refractivity contribution in [3.63, 3.8) is 0 Å². The molecule has 0 aromatic carbocycles. The lowest BCUT2D eigenvalue weighted by Gasteiger charge is -2.20. The molecule has 1 aromatic heterocycles. The van der Waals surface area contributed by atoms with Crippen molar-refractivity contribution >= 4 is 17.8 Å². The summed E-state index contributed by atoms with van der Waals surface area (Å²) in [6.45, 7) is 6.49. The molecule has 0 spiro atoms. The van der Waals surface area contributed by atoms with Gasteiger partial charge >= 0.3 is 0 Å². The van der Waals surface area contributed by atoms with Crippen molar-refractivity contribution in [1.29, 1.82) is 0 Å². The van der Waals surface area contributed by atoms with Crippen LogP contribution in [0.3, 0.4) is 0 Å². The highest BCUT2D eigenvalue weighted by Crippen LogP contribution is 2.24. The summed E-state index contributed by atoms with van der Waals surface area (Å²) in [6, 6.07) is 0. The first-order valence-electron chi connectivity index (χ1n) is 7.20. The van der Waals surface area contributed by atoms with Crippen molar-refractivity contribution in [2.24, 2.45) is 5.92 Å². The molecule has 0 bridgehead atoms. The van der Waals surface area contributed by atoms with Crippen LogP contribution in [0.25, 0.3) is 0 Å². The summed E-state index contributed by atoms with van der Waals surface area (Å²) in [5, 5.41) is 3.05. The first-order chi connectivity index (χ1) is 9.26. The van der Waals surface area contributed by atoms with E-state index in [0.717, 1.165) is 44.0 Å². The second kappa shape index (κ2) is 5.19. The minimum absolute atomic E-state index is 0.673. The smallest absolute Gasteiger partial charge is 0.231 e. The lowest BCUT2D eigenvalue weighted by molar-refractivity contribution is 0.658. The molecule has 2 aliphatic heterocycles. The van der Waals surface area contributed by atoms with Gasteiger partial charge in [0.2, 0.25) is 17.8 Å². The fourth-order valence-electron chi connectivity index (χ4n) is 2.78. The normalized spacial score (nSPS) is 23.2. The van der Waals surface area contributed by atoms with Crippen LogP contribution >= 0.6 is 0 Å². The van der Waals surface area contributed by atoms with Crippen LogP contribution in [0.5, 0.6) is 0 Å². The second-order valence-electron chi connectivity index (χ2n) is 5.54. The molecular weight excluding hydrogens is 240 g/mol. The zero-order valence-corrected chi connectivity index (χ0v) is 11.8. The van der Waals surface area contributed by atoms with E-state index in [1.165, 1.54) is 19.3 Å². The van der Waals surface area contributed by atoms with Crippen LogP contribution in [0.4, 0.5) is 17.8 Å². The van der Waals surface area contributed by atoms with Gasteiger partial charge in [0, 0.05) is 33.2 Å². The summed E-state index contributed by atoms with van der Waals surface area (Å²) >= 11 is 0. The standard InChI is InChI=1S/C13H22N6/c1-10-5-8-19(9-10)13-16-11(14-2)15-12(17-13)18-6-3-4-7-18/h10H,3-9H2,1-2H3,(H,14,15,16,17). The molecule has 6 nitrogen and oxygen atoms in total. The number of anilines is 3. The first-order valence-corrected chi connectivity index (χ1v) is 7.20. The number of hydrogen-bond donors (Lipinski definition) is 1. The average Bonchev–Trinajstić information content (AvgIpc) is 3.09. The molecule has 0 saturated carbocycles. The molecular formula is C13H22N6. The van der Waals surface area contributed by atoms with Crippen molar-refractivity contribution in [1.82, 2.24) is 15.0 Å². The summed E-state index contributed by atoms with van der Waals surface area (Å²) < 4.78 is 0. The minimum atomic E-state index is 0.673. The molecule has 19 heavy (non-hydrogen) atoms. The maximum Gasteiger partial charge on any atom is 0.231 e. The molecule has 6 heteroatoms. The fraction of sp³-hybridized carbons (Fsp3) is 0.769. The zero-order valence-electron chi connectivity index (χ0n) is 11.8. The molecule has 2 saturated heterocycles. The molecule has 0 aliphatic carbocycles. The Hall–Kier alpha value is -1.59. The molecule has 1 N–H and O–H groups in total. The summed E-state index contributed by atoms with van der Waals surface area (Å²) in [5.41, 5.74) is 0.